The maximum Gasteiger partial charge on any atom is 0.373 e. The Hall–Kier alpha value is -1.35. The number of rotatable bonds is 3. The van der Waals surface area contributed by atoms with Crippen molar-refractivity contribution in [1.82, 2.24) is 0 Å². The largest absolute Gasteiger partial charge is 0.373 e. The molecule has 0 amide bonds. The number of benzene rings is 1. The van der Waals surface area contributed by atoms with E-state index in [1.807, 2.05) is 19.1 Å². The molecule has 0 unspecified atom stereocenters. The number of hydrogen-bond donors (Lipinski definition) is 0. The molecule has 1 saturated carbocycles. The second-order valence-corrected chi connectivity index (χ2v) is 4.24. The normalized spacial score (nSPS) is 16.3. The number of carbonyl (C=O) groups excluding carboxylic acids is 1. The van der Waals surface area contributed by atoms with Crippen LogP contribution in [0.4, 0.5) is 0 Å². The third kappa shape index (κ3) is 2.83. The highest BCUT2D eigenvalue weighted by Gasteiger charge is 2.19. The van der Waals surface area contributed by atoms with Crippen molar-refractivity contribution in [3.05, 3.63) is 35.4 Å². The van der Waals surface area contributed by atoms with Crippen molar-refractivity contribution < 1.29 is 14.6 Å². The fraction of sp³-hybridized carbons (Fsp3) is 0.462. The Morgan fingerprint density at radius 1 is 1.31 bits per heavy atom. The molecule has 1 aromatic carbocycles. The van der Waals surface area contributed by atoms with Gasteiger partial charge in [0, 0.05) is 0 Å². The zero-order valence-electron chi connectivity index (χ0n) is 9.44. The van der Waals surface area contributed by atoms with Gasteiger partial charge in [-0.15, -0.1) is 0 Å². The van der Waals surface area contributed by atoms with Gasteiger partial charge in [0.25, 0.3) is 0 Å². The summed E-state index contributed by atoms with van der Waals surface area (Å²) in [5.41, 5.74) is 1.58. The molecule has 0 N–H and O–H groups in total. The first-order valence-electron chi connectivity index (χ1n) is 5.70. The monoisotopic (exact) mass is 220 g/mol. The summed E-state index contributed by atoms with van der Waals surface area (Å²) in [4.78, 5) is 21.5. The van der Waals surface area contributed by atoms with Gasteiger partial charge in [0.15, 0.2) is 0 Å². The molecule has 16 heavy (non-hydrogen) atoms. The molecule has 0 spiro atoms. The van der Waals surface area contributed by atoms with Gasteiger partial charge in [-0.3, -0.25) is 4.89 Å². The molecule has 1 fully saturated rings. The molecule has 1 aromatic rings. The van der Waals surface area contributed by atoms with Crippen LogP contribution in [0.25, 0.3) is 0 Å². The molecule has 0 aliphatic heterocycles. The summed E-state index contributed by atoms with van der Waals surface area (Å²) in [6, 6.07) is 7.30. The van der Waals surface area contributed by atoms with Crippen LogP contribution in [-0.2, 0) is 9.78 Å². The predicted octanol–water partition coefficient (Wildman–Crippen LogP) is 3.03. The van der Waals surface area contributed by atoms with E-state index in [0.717, 1.165) is 31.2 Å². The molecule has 1 aliphatic rings. The van der Waals surface area contributed by atoms with Crippen molar-refractivity contribution >= 4 is 5.97 Å². The molecule has 1 aliphatic carbocycles. The van der Waals surface area contributed by atoms with E-state index in [4.69, 9.17) is 9.78 Å². The first-order chi connectivity index (χ1) is 7.75. The Morgan fingerprint density at radius 2 is 2.06 bits per heavy atom. The first kappa shape index (κ1) is 11.1. The van der Waals surface area contributed by atoms with Crippen molar-refractivity contribution in [2.75, 3.05) is 0 Å². The fourth-order valence-corrected chi connectivity index (χ4v) is 1.92. The van der Waals surface area contributed by atoms with Gasteiger partial charge in [-0.1, -0.05) is 30.5 Å². The minimum Gasteiger partial charge on any atom is -0.293 e. The first-order valence-corrected chi connectivity index (χ1v) is 5.70. The lowest BCUT2D eigenvalue weighted by molar-refractivity contribution is -0.272. The topological polar surface area (TPSA) is 35.5 Å². The third-order valence-corrected chi connectivity index (χ3v) is 2.82. The summed E-state index contributed by atoms with van der Waals surface area (Å²) in [7, 11) is 0. The molecule has 0 radical (unpaired) electrons. The highest BCUT2D eigenvalue weighted by Crippen LogP contribution is 2.21. The average Bonchev–Trinajstić information content (AvgIpc) is 2.78. The molecular weight excluding hydrogens is 204 g/mol. The summed E-state index contributed by atoms with van der Waals surface area (Å²) in [6.45, 7) is 1.94. The van der Waals surface area contributed by atoms with E-state index >= 15 is 0 Å². The number of aryl methyl sites for hydroxylation is 1. The van der Waals surface area contributed by atoms with Crippen molar-refractivity contribution in [3.63, 3.8) is 0 Å². The molecular formula is C13H16O3. The van der Waals surface area contributed by atoms with Gasteiger partial charge < -0.3 is 0 Å². The third-order valence-electron chi connectivity index (χ3n) is 2.82. The Bertz CT molecular complexity index is 367. The van der Waals surface area contributed by atoms with E-state index < -0.39 is 5.97 Å². The Labute approximate surface area is 95.3 Å². The van der Waals surface area contributed by atoms with Crippen LogP contribution in [-0.4, -0.2) is 12.1 Å². The Balaban J connectivity index is 1.87. The minimum atomic E-state index is -0.407. The van der Waals surface area contributed by atoms with Crippen molar-refractivity contribution in [2.45, 2.75) is 38.7 Å². The molecule has 0 heterocycles. The van der Waals surface area contributed by atoms with Gasteiger partial charge in [0.2, 0.25) is 0 Å². The molecule has 2 rings (SSSR count). The van der Waals surface area contributed by atoms with Gasteiger partial charge >= 0.3 is 5.97 Å². The SMILES string of the molecule is Cc1cccc(C(=O)OOC2CCCC2)c1. The number of hydrogen-bond acceptors (Lipinski definition) is 3. The maximum atomic E-state index is 11.6. The van der Waals surface area contributed by atoms with E-state index in [1.54, 1.807) is 12.1 Å². The van der Waals surface area contributed by atoms with Gasteiger partial charge in [0.1, 0.15) is 6.10 Å². The lowest BCUT2D eigenvalue weighted by Crippen LogP contribution is -2.13. The molecule has 3 heteroatoms. The highest BCUT2D eigenvalue weighted by molar-refractivity contribution is 5.89. The highest BCUT2D eigenvalue weighted by atomic mass is 17.2. The summed E-state index contributed by atoms with van der Waals surface area (Å²) in [5.74, 6) is -0.407. The van der Waals surface area contributed by atoms with E-state index in [1.165, 1.54) is 0 Å². The van der Waals surface area contributed by atoms with Crippen LogP contribution in [0.2, 0.25) is 0 Å². The summed E-state index contributed by atoms with van der Waals surface area (Å²) < 4.78 is 0. The van der Waals surface area contributed by atoms with Crippen LogP contribution >= 0.6 is 0 Å². The summed E-state index contributed by atoms with van der Waals surface area (Å²) >= 11 is 0. The molecule has 0 aromatic heterocycles. The van der Waals surface area contributed by atoms with Crippen LogP contribution in [0.3, 0.4) is 0 Å². The lowest BCUT2D eigenvalue weighted by atomic mass is 10.1. The van der Waals surface area contributed by atoms with E-state index in [0.29, 0.717) is 5.56 Å². The van der Waals surface area contributed by atoms with Gasteiger partial charge in [-0.25, -0.2) is 4.79 Å². The summed E-state index contributed by atoms with van der Waals surface area (Å²) in [6.07, 6.45) is 4.38. The Kier molecular flexibility index (Phi) is 3.57. The van der Waals surface area contributed by atoms with Gasteiger partial charge in [-0.05, 0) is 31.9 Å². The fourth-order valence-electron chi connectivity index (χ4n) is 1.92. The van der Waals surface area contributed by atoms with Crippen LogP contribution < -0.4 is 0 Å². The second kappa shape index (κ2) is 5.12. The number of carbonyl (C=O) groups is 1. The molecule has 86 valence electrons. The Morgan fingerprint density at radius 3 is 2.75 bits per heavy atom. The minimum absolute atomic E-state index is 0.0914. The lowest BCUT2D eigenvalue weighted by Gasteiger charge is -2.09. The molecule has 0 atom stereocenters. The quantitative estimate of drug-likeness (QED) is 0.580. The zero-order chi connectivity index (χ0) is 11.4. The average molecular weight is 220 g/mol. The van der Waals surface area contributed by atoms with Crippen molar-refractivity contribution in [3.8, 4) is 0 Å². The molecule has 0 bridgehead atoms. The maximum absolute atomic E-state index is 11.6. The van der Waals surface area contributed by atoms with E-state index in [9.17, 15) is 4.79 Å². The molecule has 0 saturated heterocycles. The standard InChI is InChI=1S/C13H16O3/c1-10-5-4-6-11(9-10)13(14)16-15-12-7-2-3-8-12/h4-6,9,12H,2-3,7-8H2,1H3. The van der Waals surface area contributed by atoms with Crippen LogP contribution in [0.5, 0.6) is 0 Å². The van der Waals surface area contributed by atoms with E-state index in [2.05, 4.69) is 0 Å². The van der Waals surface area contributed by atoms with Gasteiger partial charge in [-0.2, -0.15) is 4.89 Å². The van der Waals surface area contributed by atoms with Crippen molar-refractivity contribution in [2.24, 2.45) is 0 Å². The summed E-state index contributed by atoms with van der Waals surface area (Å²) in [5, 5.41) is 0. The van der Waals surface area contributed by atoms with Crippen LogP contribution in [0.1, 0.15) is 41.6 Å². The molecule has 3 nitrogen and oxygen atoms in total. The van der Waals surface area contributed by atoms with Crippen molar-refractivity contribution in [1.29, 1.82) is 0 Å². The second-order valence-electron chi connectivity index (χ2n) is 4.24. The smallest absolute Gasteiger partial charge is 0.293 e. The van der Waals surface area contributed by atoms with Crippen LogP contribution in [0.15, 0.2) is 24.3 Å². The zero-order valence-corrected chi connectivity index (χ0v) is 9.44. The van der Waals surface area contributed by atoms with E-state index in [-0.39, 0.29) is 6.10 Å². The predicted molar refractivity (Wildman–Crippen MR) is 59.9 cm³/mol. The van der Waals surface area contributed by atoms with Crippen LogP contribution in [0, 0.1) is 6.92 Å². The van der Waals surface area contributed by atoms with Gasteiger partial charge in [0.05, 0.1) is 5.56 Å².